The highest BCUT2D eigenvalue weighted by Gasteiger charge is 2.13. The Labute approximate surface area is 113 Å². The fourth-order valence-electron chi connectivity index (χ4n) is 1.53. The van der Waals surface area contributed by atoms with Crippen LogP contribution in [-0.4, -0.2) is 32.2 Å². The zero-order chi connectivity index (χ0) is 14.7. The van der Waals surface area contributed by atoms with E-state index in [2.05, 4.69) is 10.3 Å². The summed E-state index contributed by atoms with van der Waals surface area (Å²) < 4.78 is 0. The van der Waals surface area contributed by atoms with E-state index in [1.807, 2.05) is 0 Å². The van der Waals surface area contributed by atoms with E-state index in [-0.39, 0.29) is 28.4 Å². The second-order valence-electron chi connectivity index (χ2n) is 3.89. The molecular weight excluding hydrogens is 264 g/mol. The van der Waals surface area contributed by atoms with Gasteiger partial charge in [0.05, 0.1) is 5.56 Å². The van der Waals surface area contributed by atoms with Gasteiger partial charge in [0.15, 0.2) is 0 Å². The van der Waals surface area contributed by atoms with Crippen molar-refractivity contribution in [2.24, 2.45) is 0 Å². The molecule has 0 bridgehead atoms. The third kappa shape index (κ3) is 2.83. The van der Waals surface area contributed by atoms with Crippen molar-refractivity contribution in [3.63, 3.8) is 0 Å². The van der Waals surface area contributed by atoms with Crippen molar-refractivity contribution in [1.82, 2.24) is 4.98 Å². The number of nitrogens with zero attached hydrogens (tertiary/aromatic N) is 1. The molecule has 0 unspecified atom stereocenters. The summed E-state index contributed by atoms with van der Waals surface area (Å²) in [5, 5.41) is 30.0. The number of benzene rings is 1. The molecule has 0 aliphatic heterocycles. The molecule has 1 heterocycles. The molecule has 0 saturated carbocycles. The van der Waals surface area contributed by atoms with Crippen LogP contribution in [0.5, 0.6) is 11.5 Å². The number of aromatic nitrogens is 1. The second-order valence-corrected chi connectivity index (χ2v) is 3.89. The first kappa shape index (κ1) is 13.3. The molecule has 0 saturated heterocycles. The summed E-state index contributed by atoms with van der Waals surface area (Å²) in [6.07, 6.45) is 1.24. The smallest absolute Gasteiger partial charge is 0.354 e. The molecular formula is C13H10N2O5. The summed E-state index contributed by atoms with van der Waals surface area (Å²) in [5.41, 5.74) is -0.133. The van der Waals surface area contributed by atoms with E-state index in [1.165, 1.54) is 30.5 Å². The fraction of sp³-hybridized carbons (Fsp3) is 0. The van der Waals surface area contributed by atoms with Crippen LogP contribution in [0.2, 0.25) is 0 Å². The van der Waals surface area contributed by atoms with Crippen LogP contribution in [0, 0.1) is 0 Å². The molecule has 0 atom stereocenters. The van der Waals surface area contributed by atoms with Crippen molar-refractivity contribution in [2.75, 3.05) is 5.32 Å². The summed E-state index contributed by atoms with van der Waals surface area (Å²) in [5.74, 6) is -2.37. The van der Waals surface area contributed by atoms with Crippen LogP contribution in [0.25, 0.3) is 0 Å². The van der Waals surface area contributed by atoms with E-state index < -0.39 is 11.9 Å². The van der Waals surface area contributed by atoms with Crippen molar-refractivity contribution in [1.29, 1.82) is 0 Å². The number of carboxylic acid groups (broad SMARTS) is 1. The van der Waals surface area contributed by atoms with E-state index >= 15 is 0 Å². The number of hydrogen-bond donors (Lipinski definition) is 4. The zero-order valence-electron chi connectivity index (χ0n) is 10.1. The molecule has 102 valence electrons. The number of anilines is 1. The maximum atomic E-state index is 11.9. The minimum atomic E-state index is -1.22. The topological polar surface area (TPSA) is 120 Å². The summed E-state index contributed by atoms with van der Waals surface area (Å²) >= 11 is 0. The molecule has 0 radical (unpaired) electrons. The van der Waals surface area contributed by atoms with Gasteiger partial charge in [0.1, 0.15) is 17.2 Å². The lowest BCUT2D eigenvalue weighted by Gasteiger charge is -2.07. The van der Waals surface area contributed by atoms with Crippen LogP contribution in [0.4, 0.5) is 5.69 Å². The monoisotopic (exact) mass is 274 g/mol. The average Bonchev–Trinajstić information content (AvgIpc) is 2.41. The first-order valence-corrected chi connectivity index (χ1v) is 5.50. The highest BCUT2D eigenvalue weighted by molar-refractivity contribution is 6.06. The molecule has 20 heavy (non-hydrogen) atoms. The number of phenolic OH excluding ortho intramolecular Hbond substituents is 2. The third-order valence-corrected chi connectivity index (χ3v) is 2.46. The number of aromatic hydroxyl groups is 2. The van der Waals surface area contributed by atoms with Crippen molar-refractivity contribution in [3.05, 3.63) is 47.8 Å². The Morgan fingerprint density at radius 2 is 1.85 bits per heavy atom. The van der Waals surface area contributed by atoms with Gasteiger partial charge in [-0.1, -0.05) is 0 Å². The molecule has 1 amide bonds. The van der Waals surface area contributed by atoms with Crippen LogP contribution in [0.15, 0.2) is 36.5 Å². The maximum absolute atomic E-state index is 11.9. The van der Waals surface area contributed by atoms with E-state index in [1.54, 1.807) is 0 Å². The zero-order valence-corrected chi connectivity index (χ0v) is 10.1. The Balaban J connectivity index is 2.25. The van der Waals surface area contributed by atoms with Crippen molar-refractivity contribution >= 4 is 17.6 Å². The Bertz CT molecular complexity index is 684. The lowest BCUT2D eigenvalue weighted by atomic mass is 10.1. The number of phenols is 2. The van der Waals surface area contributed by atoms with Gasteiger partial charge in [0, 0.05) is 11.9 Å². The molecule has 7 nitrogen and oxygen atoms in total. The molecule has 2 rings (SSSR count). The van der Waals surface area contributed by atoms with E-state index in [0.29, 0.717) is 0 Å². The number of nitrogens with one attached hydrogen (secondary N) is 1. The van der Waals surface area contributed by atoms with Gasteiger partial charge in [0.25, 0.3) is 5.91 Å². The Morgan fingerprint density at radius 1 is 1.10 bits per heavy atom. The lowest BCUT2D eigenvalue weighted by molar-refractivity contribution is 0.0690. The van der Waals surface area contributed by atoms with Gasteiger partial charge in [-0.05, 0) is 30.3 Å². The van der Waals surface area contributed by atoms with Crippen molar-refractivity contribution in [3.8, 4) is 11.5 Å². The van der Waals surface area contributed by atoms with Crippen molar-refractivity contribution in [2.45, 2.75) is 0 Å². The molecule has 0 aliphatic carbocycles. The number of carboxylic acids is 1. The van der Waals surface area contributed by atoms with Gasteiger partial charge < -0.3 is 20.6 Å². The average molecular weight is 274 g/mol. The molecule has 0 spiro atoms. The highest BCUT2D eigenvalue weighted by Crippen LogP contribution is 2.23. The van der Waals surface area contributed by atoms with Crippen LogP contribution in [0.1, 0.15) is 20.8 Å². The highest BCUT2D eigenvalue weighted by atomic mass is 16.4. The standard InChI is InChI=1S/C13H10N2O5/c16-8-1-2-11(17)9(6-8)12(18)15-7-3-4-14-10(5-7)13(19)20/h1-6,16-17H,(H,19,20)(H,14,15,18). The largest absolute Gasteiger partial charge is 0.508 e. The Morgan fingerprint density at radius 3 is 2.55 bits per heavy atom. The normalized spacial score (nSPS) is 10.0. The number of pyridine rings is 1. The summed E-state index contributed by atoms with van der Waals surface area (Å²) in [7, 11) is 0. The number of hydrogen-bond acceptors (Lipinski definition) is 5. The van der Waals surface area contributed by atoms with Gasteiger partial charge in [-0.15, -0.1) is 0 Å². The van der Waals surface area contributed by atoms with E-state index in [0.717, 1.165) is 6.07 Å². The van der Waals surface area contributed by atoms with Gasteiger partial charge in [-0.3, -0.25) is 4.79 Å². The predicted molar refractivity (Wildman–Crippen MR) is 68.9 cm³/mol. The Kier molecular flexibility index (Phi) is 3.52. The predicted octanol–water partition coefficient (Wildman–Crippen LogP) is 1.44. The SMILES string of the molecule is O=C(O)c1cc(NC(=O)c2cc(O)ccc2O)ccn1. The van der Waals surface area contributed by atoms with E-state index in [4.69, 9.17) is 5.11 Å². The third-order valence-electron chi connectivity index (χ3n) is 2.46. The molecule has 0 fully saturated rings. The fourth-order valence-corrected chi connectivity index (χ4v) is 1.53. The number of amides is 1. The second kappa shape index (κ2) is 5.27. The molecule has 4 N–H and O–H groups in total. The summed E-state index contributed by atoms with van der Waals surface area (Å²) in [6.45, 7) is 0. The van der Waals surface area contributed by atoms with Crippen LogP contribution >= 0.6 is 0 Å². The molecule has 7 heteroatoms. The van der Waals surface area contributed by atoms with Gasteiger partial charge in [-0.25, -0.2) is 9.78 Å². The Hall–Kier alpha value is -3.09. The van der Waals surface area contributed by atoms with E-state index in [9.17, 15) is 19.8 Å². The molecule has 2 aromatic rings. The van der Waals surface area contributed by atoms with Crippen LogP contribution in [-0.2, 0) is 0 Å². The minimum absolute atomic E-state index is 0.126. The van der Waals surface area contributed by atoms with Crippen LogP contribution in [0.3, 0.4) is 0 Å². The number of carbonyl (C=O) groups is 2. The van der Waals surface area contributed by atoms with Gasteiger partial charge >= 0.3 is 5.97 Å². The maximum Gasteiger partial charge on any atom is 0.354 e. The quantitative estimate of drug-likeness (QED) is 0.629. The minimum Gasteiger partial charge on any atom is -0.508 e. The van der Waals surface area contributed by atoms with Crippen molar-refractivity contribution < 1.29 is 24.9 Å². The summed E-state index contributed by atoms with van der Waals surface area (Å²) in [4.78, 5) is 26.3. The molecule has 0 aliphatic rings. The molecule has 1 aromatic heterocycles. The van der Waals surface area contributed by atoms with Gasteiger partial charge in [0.2, 0.25) is 0 Å². The van der Waals surface area contributed by atoms with Crippen LogP contribution < -0.4 is 5.32 Å². The first-order valence-electron chi connectivity index (χ1n) is 5.50. The molecule has 1 aromatic carbocycles. The lowest BCUT2D eigenvalue weighted by Crippen LogP contribution is -2.13. The van der Waals surface area contributed by atoms with Gasteiger partial charge in [-0.2, -0.15) is 0 Å². The number of rotatable bonds is 3. The number of carbonyl (C=O) groups excluding carboxylic acids is 1. The first-order chi connectivity index (χ1) is 9.47. The number of aromatic carboxylic acids is 1. The summed E-state index contributed by atoms with van der Waals surface area (Å²) in [6, 6.07) is 6.11.